The number of fused-ring (bicyclic) bond motifs is 7. The van der Waals surface area contributed by atoms with Gasteiger partial charge in [-0.1, -0.05) is 200 Å². The number of nitrogens with zero attached hydrogens (tertiary/aromatic N) is 5. The number of hydrogen-bond donors (Lipinski definition) is 0. The van der Waals surface area contributed by atoms with Crippen LogP contribution in [-0.2, 0) is 0 Å². The van der Waals surface area contributed by atoms with Gasteiger partial charge in [-0.05, 0) is 52.1 Å². The van der Waals surface area contributed by atoms with Gasteiger partial charge in [0.25, 0.3) is 0 Å². The van der Waals surface area contributed by atoms with Crippen LogP contribution in [0.4, 0.5) is 0 Å². The summed E-state index contributed by atoms with van der Waals surface area (Å²) in [5, 5.41) is 3.35. The topological polar surface area (TPSA) is 48.5 Å². The van der Waals surface area contributed by atoms with Gasteiger partial charge in [-0.3, -0.25) is 4.57 Å². The molecule has 12 rings (SSSR count). The molecule has 9 aromatic carbocycles. The lowest BCUT2D eigenvalue weighted by Crippen LogP contribution is -2.07. The minimum absolute atomic E-state index is 0.0717. The maximum atomic E-state index is 9.39. The average molecular weight is 802 g/mol. The lowest BCUT2D eigenvalue weighted by Gasteiger charge is -2.19. The maximum absolute atomic E-state index is 9.39. The number of rotatable bonds is 7. The van der Waals surface area contributed by atoms with Gasteiger partial charge in [0.2, 0.25) is 5.95 Å². The lowest BCUT2D eigenvalue weighted by atomic mass is 9.93. The first-order valence-corrected chi connectivity index (χ1v) is 20.1. The minimum Gasteiger partial charge on any atom is -0.307 e. The molecule has 0 spiro atoms. The van der Waals surface area contributed by atoms with Crippen molar-refractivity contribution in [2.75, 3.05) is 0 Å². The van der Waals surface area contributed by atoms with Crippen LogP contribution in [0.3, 0.4) is 0 Å². The van der Waals surface area contributed by atoms with Crippen molar-refractivity contribution in [3.05, 3.63) is 224 Å². The van der Waals surface area contributed by atoms with Crippen LogP contribution in [-0.4, -0.2) is 24.1 Å². The summed E-state index contributed by atoms with van der Waals surface area (Å²) >= 11 is 0. The van der Waals surface area contributed by atoms with Crippen molar-refractivity contribution in [1.29, 1.82) is 0 Å². The van der Waals surface area contributed by atoms with E-state index in [4.69, 9.17) is 23.2 Å². The quantitative estimate of drug-likeness (QED) is 0.161. The van der Waals surface area contributed by atoms with E-state index in [1.54, 1.807) is 18.2 Å². The Kier molecular flexibility index (Phi) is 6.31. The van der Waals surface area contributed by atoms with Crippen molar-refractivity contribution < 1.29 is 13.7 Å². The van der Waals surface area contributed by atoms with E-state index in [0.717, 1.165) is 49.3 Å². The Hall–Kier alpha value is -8.41. The highest BCUT2D eigenvalue weighted by atomic mass is 15.2. The van der Waals surface area contributed by atoms with Crippen molar-refractivity contribution in [3.8, 4) is 67.8 Å². The second kappa shape index (κ2) is 14.7. The van der Waals surface area contributed by atoms with E-state index < -0.39 is 60.4 Å². The van der Waals surface area contributed by atoms with Gasteiger partial charge in [0.1, 0.15) is 0 Å². The molecular weight excluding hydrogens is 755 g/mol. The zero-order chi connectivity index (χ0) is 49.7. The van der Waals surface area contributed by atoms with E-state index in [9.17, 15) is 5.48 Å². The van der Waals surface area contributed by atoms with Crippen molar-refractivity contribution >= 4 is 43.6 Å². The van der Waals surface area contributed by atoms with Gasteiger partial charge in [0, 0.05) is 38.2 Å². The zero-order valence-electron chi connectivity index (χ0n) is 42.8. The largest absolute Gasteiger partial charge is 0.307 e. The maximum Gasteiger partial charge on any atom is 0.238 e. The summed E-state index contributed by atoms with van der Waals surface area (Å²) in [6.45, 7) is 0. The van der Waals surface area contributed by atoms with E-state index >= 15 is 0 Å². The summed E-state index contributed by atoms with van der Waals surface area (Å²) in [6, 6.07) is 47.1. The Morgan fingerprint density at radius 1 is 0.355 bits per heavy atom. The van der Waals surface area contributed by atoms with Gasteiger partial charge in [0.15, 0.2) is 11.6 Å². The molecule has 5 heteroatoms. The van der Waals surface area contributed by atoms with Crippen LogP contribution < -0.4 is 0 Å². The van der Waals surface area contributed by atoms with Crippen LogP contribution in [0.1, 0.15) is 13.7 Å². The van der Waals surface area contributed by atoms with E-state index in [2.05, 4.69) is 24.3 Å². The van der Waals surface area contributed by atoms with Crippen molar-refractivity contribution in [2.45, 2.75) is 0 Å². The third kappa shape index (κ3) is 5.82. The second-order valence-corrected chi connectivity index (χ2v) is 14.9. The molecule has 290 valence electrons. The fourth-order valence-electron chi connectivity index (χ4n) is 8.69. The van der Waals surface area contributed by atoms with E-state index in [1.807, 2.05) is 130 Å². The highest BCUT2D eigenvalue weighted by molar-refractivity contribution is 6.24. The average Bonchev–Trinajstić information content (AvgIpc) is 3.95. The lowest BCUT2D eigenvalue weighted by molar-refractivity contribution is 0.953. The molecule has 0 fully saturated rings. The monoisotopic (exact) mass is 801 g/mol. The molecule has 0 aliphatic heterocycles. The van der Waals surface area contributed by atoms with Gasteiger partial charge in [0.05, 0.1) is 41.5 Å². The highest BCUT2D eigenvalue weighted by Crippen LogP contribution is 2.45. The van der Waals surface area contributed by atoms with Crippen molar-refractivity contribution in [2.24, 2.45) is 0 Å². The zero-order valence-corrected chi connectivity index (χ0v) is 32.8. The smallest absolute Gasteiger partial charge is 0.238 e. The van der Waals surface area contributed by atoms with Crippen LogP contribution in [0.15, 0.2) is 224 Å². The minimum atomic E-state index is -0.600. The third-order valence-electron chi connectivity index (χ3n) is 11.4. The Labute approximate surface area is 372 Å². The Bertz CT molecular complexity index is 4170. The molecule has 0 bridgehead atoms. The van der Waals surface area contributed by atoms with Gasteiger partial charge in [-0.2, -0.15) is 9.97 Å². The molecule has 0 N–H and O–H groups in total. The third-order valence-corrected chi connectivity index (χ3v) is 11.4. The number of hydrogen-bond acceptors (Lipinski definition) is 3. The van der Waals surface area contributed by atoms with Crippen LogP contribution in [0.2, 0.25) is 0 Å². The first kappa shape index (κ1) is 26.6. The van der Waals surface area contributed by atoms with E-state index in [-0.39, 0.29) is 22.3 Å². The first-order chi connectivity index (χ1) is 34.9. The SMILES string of the molecule is [2H]c1c([2H])c([2H])c(-c2cccc(-n3c4ccccc4c4ccc5c6ccccc6n(-c6nc(-c7ccccc7)nc(-c7cccc(-c8ccccc8)c7)n6)c5c43)c2-c2c([2H])c([2H])c([2H])c([2H])c2[2H])c([2H])c1[2H]. The summed E-state index contributed by atoms with van der Waals surface area (Å²) in [5.74, 6) is 1.19. The normalized spacial score (nSPS) is 13.8. The van der Waals surface area contributed by atoms with Gasteiger partial charge in [-0.25, -0.2) is 4.98 Å². The number of para-hydroxylation sites is 2. The van der Waals surface area contributed by atoms with Crippen LogP contribution in [0.25, 0.3) is 111 Å². The number of aromatic nitrogens is 5. The molecule has 0 aliphatic rings. The molecule has 0 saturated heterocycles. The molecule has 0 aliphatic carbocycles. The Morgan fingerprint density at radius 2 is 0.871 bits per heavy atom. The fourth-order valence-corrected chi connectivity index (χ4v) is 8.69. The molecule has 62 heavy (non-hydrogen) atoms. The molecule has 0 atom stereocenters. The summed E-state index contributed by atoms with van der Waals surface area (Å²) < 4.78 is 93.2. The van der Waals surface area contributed by atoms with Crippen LogP contribution >= 0.6 is 0 Å². The van der Waals surface area contributed by atoms with E-state index in [0.29, 0.717) is 39.8 Å². The molecule has 0 unspecified atom stereocenters. The predicted octanol–water partition coefficient (Wildman–Crippen LogP) is 14.4. The molecular formula is C57H37N5. The van der Waals surface area contributed by atoms with Gasteiger partial charge < -0.3 is 4.57 Å². The van der Waals surface area contributed by atoms with Crippen LogP contribution in [0, 0.1) is 0 Å². The molecule has 0 amide bonds. The predicted molar refractivity (Wildman–Crippen MR) is 256 cm³/mol. The molecule has 3 heterocycles. The summed E-state index contributed by atoms with van der Waals surface area (Å²) in [7, 11) is 0. The van der Waals surface area contributed by atoms with Crippen molar-refractivity contribution in [3.63, 3.8) is 0 Å². The van der Waals surface area contributed by atoms with Crippen molar-refractivity contribution in [1.82, 2.24) is 24.1 Å². The molecule has 5 nitrogen and oxygen atoms in total. The Balaban J connectivity index is 1.25. The van der Waals surface area contributed by atoms with E-state index in [1.165, 1.54) is 0 Å². The first-order valence-electron chi connectivity index (χ1n) is 25.1. The fraction of sp³-hybridized carbons (Fsp3) is 0. The molecule has 3 aromatic heterocycles. The highest BCUT2D eigenvalue weighted by Gasteiger charge is 2.25. The van der Waals surface area contributed by atoms with Gasteiger partial charge >= 0.3 is 0 Å². The Morgan fingerprint density at radius 3 is 1.55 bits per heavy atom. The number of benzene rings is 9. The van der Waals surface area contributed by atoms with Gasteiger partial charge in [-0.15, -0.1) is 0 Å². The summed E-state index contributed by atoms with van der Waals surface area (Å²) in [4.78, 5) is 15.7. The molecule has 0 radical (unpaired) electrons. The molecule has 0 saturated carbocycles. The van der Waals surface area contributed by atoms with Crippen LogP contribution in [0.5, 0.6) is 0 Å². The molecule has 12 aromatic rings. The summed E-state index contributed by atoms with van der Waals surface area (Å²) in [6.07, 6.45) is 0. The standard InChI is InChI=1S/C57H37N5/c1-5-19-38(20-6-1)42-27-17-28-43(37-42)56-58-55(41-25-11-4-12-26-41)59-57(60-56)62-50-33-16-14-30-46(50)48-36-35-47-45-29-13-15-32-49(45)61(53(47)54(48)62)51-34-18-31-44(39-21-7-2-8-22-39)52(51)40-23-9-3-10-24-40/h1-37H/i2D,3D,7D,8D,9D,10D,21D,22D,23D,24D. The summed E-state index contributed by atoms with van der Waals surface area (Å²) in [5.41, 5.74) is 6.44. The second-order valence-electron chi connectivity index (χ2n) is 14.9.